The molecule has 1 aromatic carbocycles. The first kappa shape index (κ1) is 20.7. The summed E-state index contributed by atoms with van der Waals surface area (Å²) in [6, 6.07) is 13.2. The van der Waals surface area contributed by atoms with E-state index >= 15 is 0 Å². The number of hydrogen-bond donors (Lipinski definition) is 2. The number of para-hydroxylation sites is 1. The van der Waals surface area contributed by atoms with E-state index in [1.54, 1.807) is 24.2 Å². The normalized spacial score (nSPS) is 18.1. The maximum atomic E-state index is 13.2. The summed E-state index contributed by atoms with van der Waals surface area (Å²) >= 11 is 0. The maximum absolute atomic E-state index is 13.2. The number of nitrogens with zero attached hydrogens (tertiary/aromatic N) is 2. The molecule has 1 atom stereocenters. The maximum Gasteiger partial charge on any atom is 0.271 e. The molecule has 4 rings (SSSR count). The summed E-state index contributed by atoms with van der Waals surface area (Å²) in [5, 5.41) is 6.43. The van der Waals surface area contributed by atoms with E-state index in [-0.39, 0.29) is 24.3 Å². The largest absolute Gasteiger partial charge is 0.469 e. The Morgan fingerprint density at radius 3 is 2.71 bits per heavy atom. The fourth-order valence-corrected chi connectivity index (χ4v) is 4.19. The van der Waals surface area contributed by atoms with Gasteiger partial charge in [-0.3, -0.25) is 14.4 Å². The predicted octanol–water partition coefficient (Wildman–Crippen LogP) is 1.94. The van der Waals surface area contributed by atoms with E-state index in [2.05, 4.69) is 10.6 Å². The molecule has 162 valence electrons. The Hall–Kier alpha value is -3.55. The van der Waals surface area contributed by atoms with Crippen LogP contribution in [0.15, 0.2) is 53.1 Å². The predicted molar refractivity (Wildman–Crippen MR) is 115 cm³/mol. The van der Waals surface area contributed by atoms with Crippen LogP contribution in [0, 0.1) is 0 Å². The first-order valence-corrected chi connectivity index (χ1v) is 10.4. The summed E-state index contributed by atoms with van der Waals surface area (Å²) in [5.74, 6) is -0.0514. The highest BCUT2D eigenvalue weighted by Gasteiger charge is 2.46. The van der Waals surface area contributed by atoms with E-state index < -0.39 is 5.54 Å². The van der Waals surface area contributed by atoms with Gasteiger partial charge in [0.25, 0.3) is 5.91 Å². The third kappa shape index (κ3) is 3.81. The standard InChI is InChI=1S/C23H26N4O4/c1-3-27-21(29)19-13-16-7-4-5-9-18(16)26(19)15-23(27,2)22(30)25-14-20(28)24-11-10-17-8-6-12-31-17/h4-9,12-13H,3,10-11,14-15H2,1-2H3,(H,24,28)(H,25,30). The Morgan fingerprint density at radius 1 is 1.16 bits per heavy atom. The Kier molecular flexibility index (Phi) is 5.54. The number of furan rings is 1. The molecule has 8 heteroatoms. The molecule has 0 aliphatic carbocycles. The van der Waals surface area contributed by atoms with Gasteiger partial charge in [-0.1, -0.05) is 18.2 Å². The molecule has 2 aromatic heterocycles. The van der Waals surface area contributed by atoms with E-state index in [4.69, 9.17) is 4.42 Å². The van der Waals surface area contributed by atoms with Crippen LogP contribution in [0.4, 0.5) is 0 Å². The molecule has 8 nitrogen and oxygen atoms in total. The van der Waals surface area contributed by atoms with Crippen LogP contribution in [0.1, 0.15) is 30.1 Å². The van der Waals surface area contributed by atoms with Crippen molar-refractivity contribution in [3.8, 4) is 0 Å². The number of nitrogens with one attached hydrogen (secondary N) is 2. The van der Waals surface area contributed by atoms with E-state index in [0.29, 0.717) is 31.7 Å². The SMILES string of the molecule is CCN1C(=O)c2cc3ccccc3n2CC1(C)C(=O)NCC(=O)NCCc1ccco1. The fourth-order valence-electron chi connectivity index (χ4n) is 4.19. The van der Waals surface area contributed by atoms with E-state index in [1.807, 2.05) is 47.9 Å². The second-order valence-corrected chi connectivity index (χ2v) is 7.86. The molecule has 1 aliphatic rings. The molecule has 2 N–H and O–H groups in total. The van der Waals surface area contributed by atoms with Gasteiger partial charge in [-0.15, -0.1) is 0 Å². The molecule has 0 fully saturated rings. The Labute approximate surface area is 180 Å². The van der Waals surface area contributed by atoms with Crippen LogP contribution in [0.25, 0.3) is 10.9 Å². The Morgan fingerprint density at radius 2 is 1.97 bits per heavy atom. The van der Waals surface area contributed by atoms with Crippen LogP contribution in [0.2, 0.25) is 0 Å². The van der Waals surface area contributed by atoms with Gasteiger partial charge < -0.3 is 24.5 Å². The summed E-state index contributed by atoms with van der Waals surface area (Å²) in [7, 11) is 0. The van der Waals surface area contributed by atoms with Gasteiger partial charge >= 0.3 is 0 Å². The molecule has 3 amide bonds. The number of likely N-dealkylation sites (N-methyl/N-ethyl adjacent to an activating group) is 1. The lowest BCUT2D eigenvalue weighted by molar-refractivity contribution is -0.134. The van der Waals surface area contributed by atoms with E-state index in [9.17, 15) is 14.4 Å². The van der Waals surface area contributed by atoms with Crippen molar-refractivity contribution in [3.63, 3.8) is 0 Å². The summed E-state index contributed by atoms with van der Waals surface area (Å²) in [6.07, 6.45) is 2.16. The molecular formula is C23H26N4O4. The number of aromatic nitrogens is 1. The zero-order valence-corrected chi connectivity index (χ0v) is 17.7. The Bertz CT molecular complexity index is 1120. The highest BCUT2D eigenvalue weighted by Crippen LogP contribution is 2.32. The quantitative estimate of drug-likeness (QED) is 0.608. The van der Waals surface area contributed by atoms with Gasteiger partial charge in [-0.05, 0) is 38.1 Å². The first-order valence-electron chi connectivity index (χ1n) is 10.4. The second-order valence-electron chi connectivity index (χ2n) is 7.86. The van der Waals surface area contributed by atoms with Crippen molar-refractivity contribution >= 4 is 28.6 Å². The van der Waals surface area contributed by atoms with Crippen LogP contribution in [0.3, 0.4) is 0 Å². The molecule has 0 saturated carbocycles. The average molecular weight is 422 g/mol. The number of rotatable bonds is 7. The molecule has 0 bridgehead atoms. The number of benzene rings is 1. The van der Waals surface area contributed by atoms with E-state index in [1.165, 1.54) is 0 Å². The summed E-state index contributed by atoms with van der Waals surface area (Å²) < 4.78 is 7.13. The number of fused-ring (bicyclic) bond motifs is 3. The minimum absolute atomic E-state index is 0.155. The van der Waals surface area contributed by atoms with E-state index in [0.717, 1.165) is 16.7 Å². The lowest BCUT2D eigenvalue weighted by atomic mass is 9.95. The molecule has 3 aromatic rings. The van der Waals surface area contributed by atoms with Crippen molar-refractivity contribution in [1.82, 2.24) is 20.1 Å². The van der Waals surface area contributed by atoms with Crippen molar-refractivity contribution in [2.75, 3.05) is 19.6 Å². The third-order valence-electron chi connectivity index (χ3n) is 5.83. The van der Waals surface area contributed by atoms with Gasteiger partial charge in [0.05, 0.1) is 19.4 Å². The molecule has 0 spiro atoms. The third-order valence-corrected chi connectivity index (χ3v) is 5.83. The van der Waals surface area contributed by atoms with Crippen LogP contribution < -0.4 is 10.6 Å². The Balaban J connectivity index is 1.44. The minimum Gasteiger partial charge on any atom is -0.469 e. The lowest BCUT2D eigenvalue weighted by Crippen LogP contribution is -2.64. The monoisotopic (exact) mass is 422 g/mol. The van der Waals surface area contributed by atoms with Gasteiger partial charge in [-0.2, -0.15) is 0 Å². The van der Waals surface area contributed by atoms with Gasteiger partial charge in [0.15, 0.2) is 0 Å². The van der Waals surface area contributed by atoms with Crippen molar-refractivity contribution in [3.05, 3.63) is 60.2 Å². The molecule has 0 saturated heterocycles. The zero-order valence-electron chi connectivity index (χ0n) is 17.7. The molecule has 0 radical (unpaired) electrons. The highest BCUT2D eigenvalue weighted by atomic mass is 16.3. The summed E-state index contributed by atoms with van der Waals surface area (Å²) in [4.78, 5) is 40.1. The molecule has 1 unspecified atom stereocenters. The fraction of sp³-hybridized carbons (Fsp3) is 0.348. The zero-order chi connectivity index (χ0) is 22.0. The van der Waals surface area contributed by atoms with Crippen molar-refractivity contribution in [1.29, 1.82) is 0 Å². The van der Waals surface area contributed by atoms with Gasteiger partial charge in [0.1, 0.15) is 17.0 Å². The van der Waals surface area contributed by atoms with Gasteiger partial charge in [0, 0.05) is 30.4 Å². The second kappa shape index (κ2) is 8.29. The number of carbonyl (C=O) groups is 3. The topological polar surface area (TPSA) is 96.6 Å². The lowest BCUT2D eigenvalue weighted by Gasteiger charge is -2.43. The minimum atomic E-state index is -1.10. The highest BCUT2D eigenvalue weighted by molar-refractivity contribution is 6.04. The van der Waals surface area contributed by atoms with Gasteiger partial charge in [0.2, 0.25) is 11.8 Å². The molecule has 31 heavy (non-hydrogen) atoms. The van der Waals surface area contributed by atoms with Crippen molar-refractivity contribution in [2.24, 2.45) is 0 Å². The van der Waals surface area contributed by atoms with Crippen LogP contribution in [0.5, 0.6) is 0 Å². The molecular weight excluding hydrogens is 396 g/mol. The molecule has 1 aliphatic heterocycles. The van der Waals surface area contributed by atoms with Crippen LogP contribution in [-0.4, -0.2) is 52.4 Å². The smallest absolute Gasteiger partial charge is 0.271 e. The van der Waals surface area contributed by atoms with Crippen LogP contribution >= 0.6 is 0 Å². The number of carbonyl (C=O) groups excluding carboxylic acids is 3. The van der Waals surface area contributed by atoms with Gasteiger partial charge in [-0.25, -0.2) is 0 Å². The number of hydrogen-bond acceptors (Lipinski definition) is 4. The first-order chi connectivity index (χ1) is 14.9. The number of amides is 3. The summed E-state index contributed by atoms with van der Waals surface area (Å²) in [5.41, 5.74) is 0.384. The van der Waals surface area contributed by atoms with Crippen molar-refractivity contribution < 1.29 is 18.8 Å². The average Bonchev–Trinajstić information content (AvgIpc) is 3.40. The van der Waals surface area contributed by atoms with Crippen LogP contribution in [-0.2, 0) is 22.6 Å². The summed E-state index contributed by atoms with van der Waals surface area (Å²) in [6.45, 7) is 4.57. The molecule has 3 heterocycles. The van der Waals surface area contributed by atoms with Crippen molar-refractivity contribution in [2.45, 2.75) is 32.4 Å².